The van der Waals surface area contributed by atoms with Crippen molar-refractivity contribution in [1.82, 2.24) is 25.1 Å². The molecule has 2 aromatic heterocycles. The lowest BCUT2D eigenvalue weighted by Gasteiger charge is -2.15. The van der Waals surface area contributed by atoms with Crippen molar-refractivity contribution in [2.75, 3.05) is 5.75 Å². The van der Waals surface area contributed by atoms with Gasteiger partial charge < -0.3 is 5.32 Å². The Morgan fingerprint density at radius 3 is 2.55 bits per heavy atom. The molecule has 0 aliphatic rings. The van der Waals surface area contributed by atoms with Gasteiger partial charge in [-0.05, 0) is 49.9 Å². The van der Waals surface area contributed by atoms with Crippen LogP contribution in [0.3, 0.4) is 0 Å². The van der Waals surface area contributed by atoms with Crippen LogP contribution < -0.4 is 5.32 Å². The fraction of sp³-hybridized carbons (Fsp3) is 0.364. The minimum absolute atomic E-state index is 0.0109. The van der Waals surface area contributed by atoms with Crippen LogP contribution in [0, 0.1) is 5.92 Å². The van der Waals surface area contributed by atoms with Gasteiger partial charge in [0.15, 0.2) is 11.0 Å². The van der Waals surface area contributed by atoms with E-state index < -0.39 is 0 Å². The van der Waals surface area contributed by atoms with Crippen molar-refractivity contribution in [1.29, 1.82) is 0 Å². The number of aromatic nitrogens is 4. The van der Waals surface area contributed by atoms with E-state index in [1.165, 1.54) is 11.8 Å². The van der Waals surface area contributed by atoms with Gasteiger partial charge in [-0.2, -0.15) is 0 Å². The van der Waals surface area contributed by atoms with Gasteiger partial charge in [0.2, 0.25) is 5.91 Å². The molecule has 1 atom stereocenters. The van der Waals surface area contributed by atoms with Crippen molar-refractivity contribution < 1.29 is 4.79 Å². The summed E-state index contributed by atoms with van der Waals surface area (Å²) in [4.78, 5) is 16.6. The van der Waals surface area contributed by atoms with E-state index in [-0.39, 0.29) is 11.9 Å². The number of hydrogen-bond acceptors (Lipinski definition) is 5. The second-order valence-electron chi connectivity index (χ2n) is 7.45. The highest BCUT2D eigenvalue weighted by Crippen LogP contribution is 2.27. The van der Waals surface area contributed by atoms with Crippen LogP contribution in [0.15, 0.2) is 60.0 Å². The van der Waals surface area contributed by atoms with Crippen LogP contribution in [0.25, 0.3) is 17.1 Å². The Balaban J connectivity index is 1.74. The molecule has 2 heterocycles. The van der Waals surface area contributed by atoms with E-state index in [4.69, 9.17) is 0 Å². The van der Waals surface area contributed by atoms with Crippen LogP contribution in [0.5, 0.6) is 0 Å². The standard InChI is InChI=1S/C22H27N5OS/c1-16(2)11-12-17(3)24-20(28)15-29-22-26-25-21(18-8-7-13-23-14-18)27(22)19-9-5-4-6-10-19/h4-10,13-14,16-17H,11-12,15H2,1-3H3,(H,24,28). The summed E-state index contributed by atoms with van der Waals surface area (Å²) in [6, 6.07) is 13.9. The van der Waals surface area contributed by atoms with Gasteiger partial charge in [0.25, 0.3) is 0 Å². The third-order valence-electron chi connectivity index (χ3n) is 4.48. The first-order valence-electron chi connectivity index (χ1n) is 9.88. The summed E-state index contributed by atoms with van der Waals surface area (Å²) in [5.41, 5.74) is 1.83. The zero-order valence-corrected chi connectivity index (χ0v) is 17.9. The highest BCUT2D eigenvalue weighted by molar-refractivity contribution is 7.99. The van der Waals surface area contributed by atoms with Crippen molar-refractivity contribution in [3.63, 3.8) is 0 Å². The molecule has 6 nitrogen and oxygen atoms in total. The molecule has 0 spiro atoms. The number of carbonyl (C=O) groups is 1. The molecular formula is C22H27N5OS. The number of amides is 1. The lowest BCUT2D eigenvalue weighted by molar-refractivity contribution is -0.119. The first-order valence-corrected chi connectivity index (χ1v) is 10.9. The molecular weight excluding hydrogens is 382 g/mol. The summed E-state index contributed by atoms with van der Waals surface area (Å²) in [6.45, 7) is 6.44. The van der Waals surface area contributed by atoms with Crippen LogP contribution >= 0.6 is 11.8 Å². The van der Waals surface area contributed by atoms with Gasteiger partial charge in [-0.3, -0.25) is 14.3 Å². The van der Waals surface area contributed by atoms with Crippen molar-refractivity contribution in [3.8, 4) is 17.1 Å². The van der Waals surface area contributed by atoms with Crippen LogP contribution in [0.1, 0.15) is 33.6 Å². The number of nitrogens with zero attached hydrogens (tertiary/aromatic N) is 4. The summed E-state index contributed by atoms with van der Waals surface area (Å²) in [6.07, 6.45) is 5.58. The van der Waals surface area contributed by atoms with Gasteiger partial charge in [-0.15, -0.1) is 10.2 Å². The number of para-hydroxylation sites is 1. The topological polar surface area (TPSA) is 72.7 Å². The molecule has 1 aromatic carbocycles. The molecule has 1 N–H and O–H groups in total. The molecule has 0 saturated carbocycles. The van der Waals surface area contributed by atoms with Gasteiger partial charge >= 0.3 is 0 Å². The average Bonchev–Trinajstić information content (AvgIpc) is 3.16. The van der Waals surface area contributed by atoms with Crippen molar-refractivity contribution in [2.24, 2.45) is 5.92 Å². The summed E-state index contributed by atoms with van der Waals surface area (Å²) >= 11 is 1.39. The number of hydrogen-bond donors (Lipinski definition) is 1. The zero-order chi connectivity index (χ0) is 20.6. The number of pyridine rings is 1. The van der Waals surface area contributed by atoms with E-state index in [1.54, 1.807) is 12.4 Å². The Bertz CT molecular complexity index is 911. The number of rotatable bonds is 9. The van der Waals surface area contributed by atoms with Crippen LogP contribution in [-0.2, 0) is 4.79 Å². The SMILES string of the molecule is CC(C)CCC(C)NC(=O)CSc1nnc(-c2cccnc2)n1-c1ccccc1. The van der Waals surface area contributed by atoms with Gasteiger partial charge in [-0.1, -0.05) is 43.8 Å². The maximum Gasteiger partial charge on any atom is 0.230 e. The Kier molecular flexibility index (Phi) is 7.41. The van der Waals surface area contributed by atoms with E-state index in [0.717, 1.165) is 24.1 Å². The Morgan fingerprint density at radius 1 is 1.07 bits per heavy atom. The third kappa shape index (κ3) is 5.90. The maximum atomic E-state index is 12.4. The molecule has 0 bridgehead atoms. The second kappa shape index (κ2) is 10.2. The number of carbonyl (C=O) groups excluding carboxylic acids is 1. The molecule has 0 radical (unpaired) electrons. The monoisotopic (exact) mass is 409 g/mol. The predicted molar refractivity (Wildman–Crippen MR) is 117 cm³/mol. The summed E-state index contributed by atoms with van der Waals surface area (Å²) in [5.74, 6) is 1.65. The Labute approximate surface area is 176 Å². The Morgan fingerprint density at radius 2 is 1.86 bits per heavy atom. The molecule has 29 heavy (non-hydrogen) atoms. The number of benzene rings is 1. The van der Waals surface area contributed by atoms with Crippen molar-refractivity contribution in [2.45, 2.75) is 44.8 Å². The van der Waals surface area contributed by atoms with Crippen LogP contribution in [-0.4, -0.2) is 37.5 Å². The highest BCUT2D eigenvalue weighted by atomic mass is 32.2. The Hall–Kier alpha value is -2.67. The lowest BCUT2D eigenvalue weighted by Crippen LogP contribution is -2.34. The van der Waals surface area contributed by atoms with Gasteiger partial charge in [0, 0.05) is 29.7 Å². The largest absolute Gasteiger partial charge is 0.353 e. The summed E-state index contributed by atoms with van der Waals surface area (Å²) < 4.78 is 1.97. The summed E-state index contributed by atoms with van der Waals surface area (Å²) in [5, 5.41) is 12.5. The number of nitrogens with one attached hydrogen (secondary N) is 1. The van der Waals surface area contributed by atoms with E-state index in [0.29, 0.717) is 22.7 Å². The molecule has 3 aromatic rings. The quantitative estimate of drug-likeness (QED) is 0.532. The number of thioether (sulfide) groups is 1. The molecule has 1 amide bonds. The highest BCUT2D eigenvalue weighted by Gasteiger charge is 2.18. The van der Waals surface area contributed by atoms with E-state index in [2.05, 4.69) is 41.3 Å². The van der Waals surface area contributed by atoms with Gasteiger partial charge in [0.05, 0.1) is 5.75 Å². The van der Waals surface area contributed by atoms with Gasteiger partial charge in [-0.25, -0.2) is 0 Å². The first kappa shape index (κ1) is 21.0. The maximum absolute atomic E-state index is 12.4. The van der Waals surface area contributed by atoms with Gasteiger partial charge in [0.1, 0.15) is 0 Å². The molecule has 7 heteroatoms. The fourth-order valence-corrected chi connectivity index (χ4v) is 3.72. The molecule has 3 rings (SSSR count). The molecule has 0 aliphatic heterocycles. The van der Waals surface area contributed by atoms with E-state index >= 15 is 0 Å². The molecule has 0 fully saturated rings. The normalized spacial score (nSPS) is 12.1. The third-order valence-corrected chi connectivity index (χ3v) is 5.41. The van der Waals surface area contributed by atoms with E-state index in [1.807, 2.05) is 47.0 Å². The zero-order valence-electron chi connectivity index (χ0n) is 17.1. The minimum Gasteiger partial charge on any atom is -0.353 e. The van der Waals surface area contributed by atoms with E-state index in [9.17, 15) is 4.79 Å². The van der Waals surface area contributed by atoms with Crippen LogP contribution in [0.2, 0.25) is 0 Å². The minimum atomic E-state index is 0.0109. The van der Waals surface area contributed by atoms with Crippen molar-refractivity contribution in [3.05, 3.63) is 54.9 Å². The smallest absolute Gasteiger partial charge is 0.230 e. The molecule has 0 aliphatic carbocycles. The average molecular weight is 410 g/mol. The summed E-state index contributed by atoms with van der Waals surface area (Å²) in [7, 11) is 0. The molecule has 0 saturated heterocycles. The predicted octanol–water partition coefficient (Wildman–Crippen LogP) is 4.36. The fourth-order valence-electron chi connectivity index (χ4n) is 2.96. The van der Waals surface area contributed by atoms with Crippen LogP contribution in [0.4, 0.5) is 0 Å². The molecule has 152 valence electrons. The lowest BCUT2D eigenvalue weighted by atomic mass is 10.0. The first-order chi connectivity index (χ1) is 14.0. The second-order valence-corrected chi connectivity index (χ2v) is 8.39. The molecule has 1 unspecified atom stereocenters. The van der Waals surface area contributed by atoms with Crippen molar-refractivity contribution >= 4 is 17.7 Å².